The number of aryl methyl sites for hydroxylation is 1. The van der Waals surface area contributed by atoms with Gasteiger partial charge in [-0.3, -0.25) is 9.59 Å². The molecule has 0 heterocycles. The van der Waals surface area contributed by atoms with Gasteiger partial charge in [-0.15, -0.1) is 11.8 Å². The highest BCUT2D eigenvalue weighted by Crippen LogP contribution is 2.22. The zero-order valence-electron chi connectivity index (χ0n) is 14.5. The maximum absolute atomic E-state index is 12.1. The molecule has 0 fully saturated rings. The fraction of sp³-hybridized carbons (Fsp3) is 0.263. The second kappa shape index (κ2) is 8.92. The van der Waals surface area contributed by atoms with Gasteiger partial charge in [0, 0.05) is 25.5 Å². The van der Waals surface area contributed by atoms with E-state index in [0.29, 0.717) is 22.0 Å². The highest BCUT2D eigenvalue weighted by molar-refractivity contribution is 7.99. The lowest BCUT2D eigenvalue weighted by atomic mass is 10.2. The van der Waals surface area contributed by atoms with Gasteiger partial charge >= 0.3 is 0 Å². The van der Waals surface area contributed by atoms with E-state index >= 15 is 0 Å². The van der Waals surface area contributed by atoms with Crippen LogP contribution in [0.2, 0.25) is 5.02 Å². The molecule has 0 radical (unpaired) electrons. The van der Waals surface area contributed by atoms with Crippen molar-refractivity contribution in [2.45, 2.75) is 12.7 Å². The summed E-state index contributed by atoms with van der Waals surface area (Å²) in [6.45, 7) is 2.05. The molecule has 2 amide bonds. The predicted molar refractivity (Wildman–Crippen MR) is 105 cm³/mol. The minimum Gasteiger partial charge on any atom is -0.345 e. The summed E-state index contributed by atoms with van der Waals surface area (Å²) in [6.07, 6.45) is 0. The second-order valence-electron chi connectivity index (χ2n) is 5.92. The summed E-state index contributed by atoms with van der Waals surface area (Å²) >= 11 is 7.70. The molecular formula is C19H21ClN2O2S. The summed E-state index contributed by atoms with van der Waals surface area (Å²) in [5, 5.41) is 3.13. The van der Waals surface area contributed by atoms with Gasteiger partial charge in [0.1, 0.15) is 0 Å². The van der Waals surface area contributed by atoms with E-state index in [1.54, 1.807) is 44.1 Å². The van der Waals surface area contributed by atoms with E-state index in [9.17, 15) is 9.59 Å². The van der Waals surface area contributed by atoms with E-state index in [1.807, 2.05) is 6.07 Å². The van der Waals surface area contributed by atoms with Crippen LogP contribution in [0.15, 0.2) is 42.5 Å². The van der Waals surface area contributed by atoms with Gasteiger partial charge in [-0.05, 0) is 30.7 Å². The Bertz CT molecular complexity index is 778. The van der Waals surface area contributed by atoms with E-state index in [1.165, 1.54) is 16.0 Å². The van der Waals surface area contributed by atoms with Crippen LogP contribution in [0.3, 0.4) is 0 Å². The molecule has 2 aromatic carbocycles. The van der Waals surface area contributed by atoms with Crippen LogP contribution in [0, 0.1) is 6.92 Å². The monoisotopic (exact) mass is 376 g/mol. The SMILES string of the molecule is Cc1cccc(CSCC(=O)Nc2ccc(C(=O)N(C)C)c(Cl)c2)c1. The molecule has 0 saturated carbocycles. The first-order valence-corrected chi connectivity index (χ1v) is 9.34. The van der Waals surface area contributed by atoms with Gasteiger partial charge in [0.15, 0.2) is 0 Å². The predicted octanol–water partition coefficient (Wildman–Crippen LogP) is 4.22. The number of hydrogen-bond acceptors (Lipinski definition) is 3. The number of nitrogens with one attached hydrogen (secondary N) is 1. The van der Waals surface area contributed by atoms with Crippen LogP contribution in [-0.4, -0.2) is 36.6 Å². The minimum atomic E-state index is -0.170. The Morgan fingerprint density at radius 3 is 2.56 bits per heavy atom. The Morgan fingerprint density at radius 1 is 1.16 bits per heavy atom. The molecule has 0 aliphatic heterocycles. The molecule has 0 aliphatic rings. The van der Waals surface area contributed by atoms with Crippen molar-refractivity contribution in [1.82, 2.24) is 4.90 Å². The van der Waals surface area contributed by atoms with E-state index in [2.05, 4.69) is 30.4 Å². The zero-order valence-corrected chi connectivity index (χ0v) is 16.1. The number of carbonyl (C=O) groups excluding carboxylic acids is 2. The lowest BCUT2D eigenvalue weighted by molar-refractivity contribution is -0.113. The van der Waals surface area contributed by atoms with Crippen molar-refractivity contribution in [3.63, 3.8) is 0 Å². The smallest absolute Gasteiger partial charge is 0.254 e. The summed E-state index contributed by atoms with van der Waals surface area (Å²) in [5.74, 6) is 0.868. The van der Waals surface area contributed by atoms with Gasteiger partial charge in [0.05, 0.1) is 16.3 Å². The van der Waals surface area contributed by atoms with Crippen molar-refractivity contribution in [3.8, 4) is 0 Å². The standard InChI is InChI=1S/C19H21ClN2O2S/c1-13-5-4-6-14(9-13)11-25-12-18(23)21-15-7-8-16(17(20)10-15)19(24)22(2)3/h4-10H,11-12H2,1-3H3,(H,21,23). The van der Waals surface area contributed by atoms with Crippen molar-refractivity contribution in [2.24, 2.45) is 0 Å². The summed E-state index contributed by atoms with van der Waals surface area (Å²) in [7, 11) is 3.33. The van der Waals surface area contributed by atoms with Crippen LogP contribution >= 0.6 is 23.4 Å². The lowest BCUT2D eigenvalue weighted by Crippen LogP contribution is -2.22. The zero-order chi connectivity index (χ0) is 18.4. The Morgan fingerprint density at radius 2 is 1.92 bits per heavy atom. The van der Waals surface area contributed by atoms with Crippen molar-refractivity contribution in [3.05, 3.63) is 64.2 Å². The van der Waals surface area contributed by atoms with E-state index in [4.69, 9.17) is 11.6 Å². The molecule has 132 valence electrons. The molecule has 0 aromatic heterocycles. The van der Waals surface area contributed by atoms with Crippen LogP contribution in [0.1, 0.15) is 21.5 Å². The maximum atomic E-state index is 12.1. The number of thioether (sulfide) groups is 1. The summed E-state index contributed by atoms with van der Waals surface area (Å²) in [4.78, 5) is 25.5. The highest BCUT2D eigenvalue weighted by atomic mass is 35.5. The van der Waals surface area contributed by atoms with E-state index in [-0.39, 0.29) is 11.8 Å². The normalized spacial score (nSPS) is 10.4. The molecule has 0 spiro atoms. The molecular weight excluding hydrogens is 356 g/mol. The van der Waals surface area contributed by atoms with Crippen molar-refractivity contribution in [1.29, 1.82) is 0 Å². The summed E-state index contributed by atoms with van der Waals surface area (Å²) < 4.78 is 0. The molecule has 1 N–H and O–H groups in total. The summed E-state index contributed by atoms with van der Waals surface area (Å²) in [6, 6.07) is 13.1. The molecule has 25 heavy (non-hydrogen) atoms. The molecule has 2 aromatic rings. The molecule has 4 nitrogen and oxygen atoms in total. The molecule has 0 aliphatic carbocycles. The fourth-order valence-electron chi connectivity index (χ4n) is 2.27. The Labute approximate surface area is 157 Å². The topological polar surface area (TPSA) is 49.4 Å². The average Bonchev–Trinajstić information content (AvgIpc) is 2.54. The third kappa shape index (κ3) is 5.80. The third-order valence-electron chi connectivity index (χ3n) is 3.47. The van der Waals surface area contributed by atoms with Gasteiger partial charge in [0.25, 0.3) is 5.91 Å². The Kier molecular flexibility index (Phi) is 6.91. The first-order chi connectivity index (χ1) is 11.9. The van der Waals surface area contributed by atoms with E-state index in [0.717, 1.165) is 5.75 Å². The molecule has 0 atom stereocenters. The number of hydrogen-bond donors (Lipinski definition) is 1. The van der Waals surface area contributed by atoms with Crippen LogP contribution in [0.25, 0.3) is 0 Å². The largest absolute Gasteiger partial charge is 0.345 e. The fourth-order valence-corrected chi connectivity index (χ4v) is 3.30. The lowest BCUT2D eigenvalue weighted by Gasteiger charge is -2.12. The maximum Gasteiger partial charge on any atom is 0.254 e. The van der Waals surface area contributed by atoms with Gasteiger partial charge in [0.2, 0.25) is 5.91 Å². The quantitative estimate of drug-likeness (QED) is 0.821. The van der Waals surface area contributed by atoms with Gasteiger partial charge < -0.3 is 10.2 Å². The molecule has 0 saturated heterocycles. The number of rotatable bonds is 6. The van der Waals surface area contributed by atoms with E-state index < -0.39 is 0 Å². The van der Waals surface area contributed by atoms with Gasteiger partial charge in [-0.25, -0.2) is 0 Å². The number of benzene rings is 2. The number of halogens is 1. The Balaban J connectivity index is 1.88. The van der Waals surface area contributed by atoms with Crippen molar-refractivity contribution < 1.29 is 9.59 Å². The number of nitrogens with zero attached hydrogens (tertiary/aromatic N) is 1. The minimum absolute atomic E-state index is 0.0968. The summed E-state index contributed by atoms with van der Waals surface area (Å²) in [5.41, 5.74) is 3.41. The molecule has 6 heteroatoms. The molecule has 0 bridgehead atoms. The van der Waals surface area contributed by atoms with Gasteiger partial charge in [-0.1, -0.05) is 41.4 Å². The van der Waals surface area contributed by atoms with Crippen LogP contribution in [0.5, 0.6) is 0 Å². The average molecular weight is 377 g/mol. The first-order valence-electron chi connectivity index (χ1n) is 7.81. The number of amides is 2. The van der Waals surface area contributed by atoms with Crippen LogP contribution < -0.4 is 5.32 Å². The van der Waals surface area contributed by atoms with Crippen molar-refractivity contribution >= 4 is 40.9 Å². The highest BCUT2D eigenvalue weighted by Gasteiger charge is 2.13. The van der Waals surface area contributed by atoms with Crippen LogP contribution in [-0.2, 0) is 10.5 Å². The number of anilines is 1. The molecule has 0 unspecified atom stereocenters. The second-order valence-corrected chi connectivity index (χ2v) is 7.32. The van der Waals surface area contributed by atoms with Gasteiger partial charge in [-0.2, -0.15) is 0 Å². The first kappa shape index (κ1) is 19.3. The van der Waals surface area contributed by atoms with Crippen molar-refractivity contribution in [2.75, 3.05) is 25.2 Å². The van der Waals surface area contributed by atoms with Crippen LogP contribution in [0.4, 0.5) is 5.69 Å². The third-order valence-corrected chi connectivity index (χ3v) is 4.79. The molecule has 2 rings (SSSR count). The number of carbonyl (C=O) groups is 2. The Hall–Kier alpha value is -1.98.